The van der Waals surface area contributed by atoms with Crippen LogP contribution in [0.1, 0.15) is 16.1 Å². The van der Waals surface area contributed by atoms with Crippen molar-refractivity contribution in [3.8, 4) is 0 Å². The number of rotatable bonds is 4. The number of nitrogens with one attached hydrogen (secondary N) is 1. The Bertz CT molecular complexity index is 574. The first-order chi connectivity index (χ1) is 9.22. The van der Waals surface area contributed by atoms with Gasteiger partial charge in [-0.3, -0.25) is 0 Å². The normalized spacial score (nSPS) is 9.95. The molecule has 0 aliphatic carbocycles. The number of methoxy groups -OCH3 is 1. The number of aromatic nitrogens is 3. The highest BCUT2D eigenvalue weighted by atomic mass is 16.5. The molecule has 7 nitrogen and oxygen atoms in total. The molecule has 19 heavy (non-hydrogen) atoms. The molecular weight excluding hydrogens is 246 g/mol. The average molecular weight is 259 g/mol. The van der Waals surface area contributed by atoms with E-state index in [1.54, 1.807) is 12.3 Å². The van der Waals surface area contributed by atoms with Crippen LogP contribution in [0.2, 0.25) is 0 Å². The average Bonchev–Trinajstić information content (AvgIpc) is 2.46. The Morgan fingerprint density at radius 3 is 2.95 bits per heavy atom. The summed E-state index contributed by atoms with van der Waals surface area (Å²) in [5.74, 6) is -0.0870. The van der Waals surface area contributed by atoms with Crippen molar-refractivity contribution in [3.05, 3.63) is 41.9 Å². The SMILES string of the molecule is COC(=O)c1ccnc(NCc2cccnn2)c1N. The Morgan fingerprint density at radius 1 is 1.42 bits per heavy atom. The van der Waals surface area contributed by atoms with Crippen LogP contribution >= 0.6 is 0 Å². The minimum absolute atomic E-state index is 0.248. The minimum Gasteiger partial charge on any atom is -0.465 e. The fourth-order valence-corrected chi connectivity index (χ4v) is 1.50. The first-order valence-corrected chi connectivity index (χ1v) is 5.55. The second kappa shape index (κ2) is 5.76. The second-order valence-electron chi connectivity index (χ2n) is 3.68. The van der Waals surface area contributed by atoms with Gasteiger partial charge in [0.05, 0.1) is 30.6 Å². The summed E-state index contributed by atoms with van der Waals surface area (Å²) < 4.78 is 4.64. The van der Waals surface area contributed by atoms with E-state index in [0.717, 1.165) is 5.69 Å². The van der Waals surface area contributed by atoms with Gasteiger partial charge in [0.2, 0.25) is 0 Å². The van der Waals surface area contributed by atoms with Crippen LogP contribution in [0.15, 0.2) is 30.6 Å². The van der Waals surface area contributed by atoms with Crippen molar-refractivity contribution in [3.63, 3.8) is 0 Å². The van der Waals surface area contributed by atoms with E-state index in [0.29, 0.717) is 12.4 Å². The van der Waals surface area contributed by atoms with Crippen molar-refractivity contribution in [1.29, 1.82) is 0 Å². The van der Waals surface area contributed by atoms with E-state index in [9.17, 15) is 4.79 Å². The number of esters is 1. The summed E-state index contributed by atoms with van der Waals surface area (Å²) in [4.78, 5) is 15.6. The van der Waals surface area contributed by atoms with Crippen molar-refractivity contribution in [2.24, 2.45) is 0 Å². The summed E-state index contributed by atoms with van der Waals surface area (Å²) in [5, 5.41) is 10.7. The van der Waals surface area contributed by atoms with E-state index >= 15 is 0 Å². The molecule has 0 aliphatic heterocycles. The van der Waals surface area contributed by atoms with Crippen LogP contribution in [0.4, 0.5) is 11.5 Å². The molecule has 2 aromatic rings. The number of carbonyl (C=O) groups excluding carboxylic acids is 1. The first kappa shape index (κ1) is 12.7. The molecule has 0 atom stereocenters. The summed E-state index contributed by atoms with van der Waals surface area (Å²) in [7, 11) is 1.30. The van der Waals surface area contributed by atoms with Crippen LogP contribution in [0.3, 0.4) is 0 Å². The number of nitrogens with zero attached hydrogens (tertiary/aromatic N) is 3. The zero-order valence-electron chi connectivity index (χ0n) is 10.3. The van der Waals surface area contributed by atoms with Gasteiger partial charge < -0.3 is 15.8 Å². The first-order valence-electron chi connectivity index (χ1n) is 5.55. The fourth-order valence-electron chi connectivity index (χ4n) is 1.50. The summed E-state index contributed by atoms with van der Waals surface area (Å²) in [6, 6.07) is 5.11. The van der Waals surface area contributed by atoms with Crippen LogP contribution in [0.5, 0.6) is 0 Å². The maximum Gasteiger partial charge on any atom is 0.340 e. The zero-order valence-corrected chi connectivity index (χ0v) is 10.3. The van der Waals surface area contributed by atoms with E-state index in [1.165, 1.54) is 19.4 Å². The van der Waals surface area contributed by atoms with E-state index in [2.05, 4.69) is 25.2 Å². The monoisotopic (exact) mass is 259 g/mol. The van der Waals surface area contributed by atoms with Crippen LogP contribution in [-0.2, 0) is 11.3 Å². The molecule has 0 spiro atoms. The molecule has 2 heterocycles. The van der Waals surface area contributed by atoms with Crippen molar-refractivity contribution in [2.75, 3.05) is 18.2 Å². The van der Waals surface area contributed by atoms with Gasteiger partial charge in [0, 0.05) is 12.4 Å². The number of nitrogens with two attached hydrogens (primary N) is 1. The summed E-state index contributed by atoms with van der Waals surface area (Å²) >= 11 is 0. The van der Waals surface area contributed by atoms with Gasteiger partial charge in [0.1, 0.15) is 5.82 Å². The van der Waals surface area contributed by atoms with Crippen LogP contribution in [0, 0.1) is 0 Å². The van der Waals surface area contributed by atoms with E-state index in [1.807, 2.05) is 6.07 Å². The maximum atomic E-state index is 11.5. The second-order valence-corrected chi connectivity index (χ2v) is 3.68. The molecule has 2 rings (SSSR count). The third-order valence-corrected chi connectivity index (χ3v) is 2.46. The molecule has 0 saturated heterocycles. The Hall–Kier alpha value is -2.70. The van der Waals surface area contributed by atoms with Gasteiger partial charge in [-0.25, -0.2) is 9.78 Å². The van der Waals surface area contributed by atoms with Gasteiger partial charge >= 0.3 is 5.97 Å². The van der Waals surface area contributed by atoms with Crippen molar-refractivity contribution >= 4 is 17.5 Å². The molecule has 0 unspecified atom stereocenters. The lowest BCUT2D eigenvalue weighted by Crippen LogP contribution is -2.11. The van der Waals surface area contributed by atoms with Gasteiger partial charge in [-0.05, 0) is 18.2 Å². The molecule has 3 N–H and O–H groups in total. The van der Waals surface area contributed by atoms with E-state index in [-0.39, 0.29) is 11.3 Å². The maximum absolute atomic E-state index is 11.5. The number of hydrogen-bond acceptors (Lipinski definition) is 7. The Kier molecular flexibility index (Phi) is 3.87. The van der Waals surface area contributed by atoms with Gasteiger partial charge in [-0.1, -0.05) is 0 Å². The third-order valence-electron chi connectivity index (χ3n) is 2.46. The number of anilines is 2. The number of hydrogen-bond donors (Lipinski definition) is 2. The minimum atomic E-state index is -0.498. The highest BCUT2D eigenvalue weighted by Crippen LogP contribution is 2.20. The fraction of sp³-hybridized carbons (Fsp3) is 0.167. The molecule has 0 radical (unpaired) electrons. The molecule has 0 bridgehead atoms. The largest absolute Gasteiger partial charge is 0.465 e. The summed E-state index contributed by atoms with van der Waals surface area (Å²) in [5.41, 5.74) is 7.13. The standard InChI is InChI=1S/C12H13N5O2/c1-19-12(18)9-4-6-14-11(10(9)13)15-7-8-3-2-5-16-17-8/h2-6H,7,13H2,1H3,(H,14,15). The topological polar surface area (TPSA) is 103 Å². The van der Waals surface area contributed by atoms with E-state index < -0.39 is 5.97 Å². The lowest BCUT2D eigenvalue weighted by Gasteiger charge is -2.10. The lowest BCUT2D eigenvalue weighted by molar-refractivity contribution is 0.0602. The Balaban J connectivity index is 2.15. The van der Waals surface area contributed by atoms with Gasteiger partial charge in [0.15, 0.2) is 0 Å². The predicted octanol–water partition coefficient (Wildman–Crippen LogP) is 0.852. The summed E-state index contributed by atoms with van der Waals surface area (Å²) in [6.45, 7) is 0.412. The molecule has 2 aromatic heterocycles. The third kappa shape index (κ3) is 2.95. The van der Waals surface area contributed by atoms with Crippen molar-refractivity contribution < 1.29 is 9.53 Å². The van der Waals surface area contributed by atoms with Crippen LogP contribution in [-0.4, -0.2) is 28.3 Å². The Morgan fingerprint density at radius 2 is 2.26 bits per heavy atom. The molecule has 98 valence electrons. The number of carbonyl (C=O) groups is 1. The zero-order chi connectivity index (χ0) is 13.7. The molecule has 0 aliphatic rings. The highest BCUT2D eigenvalue weighted by Gasteiger charge is 2.13. The van der Waals surface area contributed by atoms with Crippen molar-refractivity contribution in [1.82, 2.24) is 15.2 Å². The van der Waals surface area contributed by atoms with Gasteiger partial charge in [-0.15, -0.1) is 0 Å². The predicted molar refractivity (Wildman–Crippen MR) is 69.3 cm³/mol. The number of pyridine rings is 1. The van der Waals surface area contributed by atoms with Gasteiger partial charge in [0.25, 0.3) is 0 Å². The Labute approximate surface area is 109 Å². The van der Waals surface area contributed by atoms with E-state index in [4.69, 9.17) is 5.73 Å². The van der Waals surface area contributed by atoms with Gasteiger partial charge in [-0.2, -0.15) is 10.2 Å². The molecule has 0 amide bonds. The quantitative estimate of drug-likeness (QED) is 0.784. The number of nitrogen functional groups attached to an aromatic ring is 1. The molecule has 7 heteroatoms. The molecular formula is C12H13N5O2. The lowest BCUT2D eigenvalue weighted by atomic mass is 10.2. The van der Waals surface area contributed by atoms with Crippen molar-refractivity contribution in [2.45, 2.75) is 6.54 Å². The summed E-state index contributed by atoms with van der Waals surface area (Å²) in [6.07, 6.45) is 3.08. The van der Waals surface area contributed by atoms with Crippen LogP contribution < -0.4 is 11.1 Å². The smallest absolute Gasteiger partial charge is 0.340 e. The van der Waals surface area contributed by atoms with Crippen LogP contribution in [0.25, 0.3) is 0 Å². The highest BCUT2D eigenvalue weighted by molar-refractivity contribution is 5.97. The number of ether oxygens (including phenoxy) is 1. The molecule has 0 aromatic carbocycles. The molecule has 0 fully saturated rings. The molecule has 0 saturated carbocycles.